The highest BCUT2D eigenvalue weighted by atomic mass is 32.2. The molecule has 0 radical (unpaired) electrons. The zero-order chi connectivity index (χ0) is 20.1. The first-order valence-electron chi connectivity index (χ1n) is 9.49. The number of benzene rings is 2. The van der Waals surface area contributed by atoms with E-state index in [2.05, 4.69) is 10.3 Å². The summed E-state index contributed by atoms with van der Waals surface area (Å²) in [5, 5.41) is 4.20. The first-order valence-corrected chi connectivity index (χ1v) is 10.5. The van der Waals surface area contributed by atoms with Crippen molar-refractivity contribution in [1.82, 2.24) is 14.9 Å². The molecule has 3 rings (SSSR count). The van der Waals surface area contributed by atoms with Crippen molar-refractivity contribution in [3.05, 3.63) is 70.5 Å². The Balaban J connectivity index is 1.79. The number of hydrogen-bond donors (Lipinski definition) is 1. The summed E-state index contributed by atoms with van der Waals surface area (Å²) in [4.78, 5) is 30.1. The first kappa shape index (κ1) is 20.1. The quantitative estimate of drug-likeness (QED) is 0.477. The molecule has 0 unspecified atom stereocenters. The molecule has 0 aliphatic carbocycles. The summed E-state index contributed by atoms with van der Waals surface area (Å²) in [7, 11) is 0. The van der Waals surface area contributed by atoms with Gasteiger partial charge in [0.05, 0.1) is 22.7 Å². The highest BCUT2D eigenvalue weighted by Gasteiger charge is 2.17. The van der Waals surface area contributed by atoms with Crippen molar-refractivity contribution in [3.63, 3.8) is 0 Å². The van der Waals surface area contributed by atoms with Crippen LogP contribution >= 0.6 is 11.8 Å². The molecule has 0 bridgehead atoms. The summed E-state index contributed by atoms with van der Waals surface area (Å²) in [5.41, 5.74) is 1.66. The summed E-state index contributed by atoms with van der Waals surface area (Å²) >= 11 is 1.30. The molecule has 2 atom stereocenters. The fourth-order valence-electron chi connectivity index (χ4n) is 3.04. The van der Waals surface area contributed by atoms with Crippen molar-refractivity contribution >= 4 is 28.6 Å². The molecule has 1 amide bonds. The molecular weight excluding hydrogens is 370 g/mol. The standard InChI is InChI=1S/C22H25N3O2S/c1-4-15(2)25-21(27)18-12-8-9-13-19(18)24-22(25)28-14-20(26)23-16(3)17-10-6-5-7-11-17/h5-13,15-16H,4,14H2,1-3H3,(H,23,26)/t15-,16-/m1/s1. The summed E-state index contributed by atoms with van der Waals surface area (Å²) in [6, 6.07) is 17.1. The van der Waals surface area contributed by atoms with Gasteiger partial charge in [-0.1, -0.05) is 61.2 Å². The highest BCUT2D eigenvalue weighted by molar-refractivity contribution is 7.99. The number of fused-ring (bicyclic) bond motifs is 1. The Morgan fingerprint density at radius 3 is 2.50 bits per heavy atom. The SMILES string of the molecule is CC[C@@H](C)n1c(SCC(=O)N[C@H](C)c2ccccc2)nc2ccccc2c1=O. The van der Waals surface area contributed by atoms with E-state index in [9.17, 15) is 9.59 Å². The number of para-hydroxylation sites is 1. The van der Waals surface area contributed by atoms with Crippen LogP contribution in [0.25, 0.3) is 10.9 Å². The number of hydrogen-bond acceptors (Lipinski definition) is 4. The van der Waals surface area contributed by atoms with Crippen molar-refractivity contribution in [1.29, 1.82) is 0 Å². The third-order valence-electron chi connectivity index (χ3n) is 4.82. The van der Waals surface area contributed by atoms with Crippen molar-refractivity contribution in [2.45, 2.75) is 44.4 Å². The third kappa shape index (κ3) is 4.44. The van der Waals surface area contributed by atoms with Crippen LogP contribution in [-0.2, 0) is 4.79 Å². The van der Waals surface area contributed by atoms with Gasteiger partial charge in [-0.05, 0) is 38.0 Å². The fourth-order valence-corrected chi connectivity index (χ4v) is 3.95. The minimum atomic E-state index is -0.0838. The summed E-state index contributed by atoms with van der Waals surface area (Å²) in [5.74, 6) is 0.123. The highest BCUT2D eigenvalue weighted by Crippen LogP contribution is 2.22. The van der Waals surface area contributed by atoms with E-state index in [1.165, 1.54) is 11.8 Å². The van der Waals surface area contributed by atoms with Crippen molar-refractivity contribution in [2.75, 3.05) is 5.75 Å². The normalized spacial score (nSPS) is 13.2. The van der Waals surface area contributed by atoms with Gasteiger partial charge in [-0.15, -0.1) is 0 Å². The van der Waals surface area contributed by atoms with Crippen molar-refractivity contribution in [2.24, 2.45) is 0 Å². The average Bonchev–Trinajstić information content (AvgIpc) is 2.72. The number of carbonyl (C=O) groups excluding carboxylic acids is 1. The second-order valence-corrected chi connectivity index (χ2v) is 7.78. The Morgan fingerprint density at radius 1 is 1.11 bits per heavy atom. The van der Waals surface area contributed by atoms with Crippen LogP contribution in [0.4, 0.5) is 0 Å². The van der Waals surface area contributed by atoms with Crippen LogP contribution < -0.4 is 10.9 Å². The molecule has 6 heteroatoms. The van der Waals surface area contributed by atoms with E-state index in [0.29, 0.717) is 16.1 Å². The third-order valence-corrected chi connectivity index (χ3v) is 5.77. The van der Waals surface area contributed by atoms with Gasteiger partial charge < -0.3 is 5.32 Å². The lowest BCUT2D eigenvalue weighted by molar-refractivity contribution is -0.119. The van der Waals surface area contributed by atoms with Crippen LogP contribution in [0.15, 0.2) is 64.5 Å². The second kappa shape index (κ2) is 9.06. The molecule has 0 fully saturated rings. The summed E-state index contributed by atoms with van der Waals surface area (Å²) < 4.78 is 1.71. The zero-order valence-corrected chi connectivity index (χ0v) is 17.2. The maximum absolute atomic E-state index is 13.0. The van der Waals surface area contributed by atoms with Gasteiger partial charge in [0.1, 0.15) is 0 Å². The number of thioether (sulfide) groups is 1. The molecule has 2 aromatic carbocycles. The molecule has 0 aliphatic heterocycles. The Bertz CT molecular complexity index is 1020. The van der Waals surface area contributed by atoms with E-state index < -0.39 is 0 Å². The topological polar surface area (TPSA) is 64.0 Å². The molecular formula is C22H25N3O2S. The van der Waals surface area contributed by atoms with Crippen LogP contribution in [-0.4, -0.2) is 21.2 Å². The van der Waals surface area contributed by atoms with Gasteiger partial charge in [0.2, 0.25) is 5.91 Å². The monoisotopic (exact) mass is 395 g/mol. The van der Waals surface area contributed by atoms with E-state index >= 15 is 0 Å². The lowest BCUT2D eigenvalue weighted by Gasteiger charge is -2.18. The molecule has 0 aliphatic rings. The molecule has 0 saturated heterocycles. The lowest BCUT2D eigenvalue weighted by Crippen LogP contribution is -2.29. The fraction of sp³-hybridized carbons (Fsp3) is 0.318. The number of aromatic nitrogens is 2. The second-order valence-electron chi connectivity index (χ2n) is 6.83. The molecule has 1 N–H and O–H groups in total. The van der Waals surface area contributed by atoms with Crippen LogP contribution in [0.2, 0.25) is 0 Å². The Labute approximate surface area is 169 Å². The van der Waals surface area contributed by atoms with Gasteiger partial charge in [-0.2, -0.15) is 0 Å². The molecule has 0 spiro atoms. The van der Waals surface area contributed by atoms with Crippen LogP contribution in [0.5, 0.6) is 0 Å². The molecule has 146 valence electrons. The minimum absolute atomic E-state index is 0.0124. The van der Waals surface area contributed by atoms with Crippen molar-refractivity contribution in [3.8, 4) is 0 Å². The van der Waals surface area contributed by atoms with E-state index in [-0.39, 0.29) is 29.3 Å². The van der Waals surface area contributed by atoms with Gasteiger partial charge in [0, 0.05) is 6.04 Å². The summed E-state index contributed by atoms with van der Waals surface area (Å²) in [6.07, 6.45) is 0.810. The predicted molar refractivity (Wildman–Crippen MR) is 115 cm³/mol. The minimum Gasteiger partial charge on any atom is -0.349 e. The molecule has 1 heterocycles. The van der Waals surface area contributed by atoms with E-state index in [1.54, 1.807) is 10.6 Å². The van der Waals surface area contributed by atoms with Gasteiger partial charge >= 0.3 is 0 Å². The van der Waals surface area contributed by atoms with Gasteiger partial charge in [-0.3, -0.25) is 14.2 Å². The predicted octanol–water partition coefficient (Wildman–Crippen LogP) is 4.34. The molecule has 5 nitrogen and oxygen atoms in total. The van der Waals surface area contributed by atoms with Gasteiger partial charge in [0.25, 0.3) is 5.56 Å². The zero-order valence-electron chi connectivity index (χ0n) is 16.4. The maximum atomic E-state index is 13.0. The number of rotatable bonds is 7. The molecule has 1 aromatic heterocycles. The number of nitrogens with zero attached hydrogens (tertiary/aromatic N) is 2. The smallest absolute Gasteiger partial charge is 0.262 e. The summed E-state index contributed by atoms with van der Waals surface area (Å²) in [6.45, 7) is 6.00. The van der Waals surface area contributed by atoms with Gasteiger partial charge in [-0.25, -0.2) is 4.98 Å². The molecule has 3 aromatic rings. The first-order chi connectivity index (χ1) is 13.5. The molecule has 0 saturated carbocycles. The van der Waals surface area contributed by atoms with E-state index in [0.717, 1.165) is 12.0 Å². The Morgan fingerprint density at radius 2 is 1.79 bits per heavy atom. The maximum Gasteiger partial charge on any atom is 0.262 e. The van der Waals surface area contributed by atoms with Crippen LogP contribution in [0.3, 0.4) is 0 Å². The van der Waals surface area contributed by atoms with Gasteiger partial charge in [0.15, 0.2) is 5.16 Å². The Kier molecular flexibility index (Phi) is 6.52. The Hall–Kier alpha value is -2.60. The number of carbonyl (C=O) groups is 1. The van der Waals surface area contributed by atoms with Crippen molar-refractivity contribution < 1.29 is 4.79 Å². The van der Waals surface area contributed by atoms with E-state index in [4.69, 9.17) is 0 Å². The van der Waals surface area contributed by atoms with Crippen LogP contribution in [0.1, 0.15) is 44.8 Å². The average molecular weight is 396 g/mol. The number of nitrogens with one attached hydrogen (secondary N) is 1. The van der Waals surface area contributed by atoms with Crippen LogP contribution in [0, 0.1) is 0 Å². The van der Waals surface area contributed by atoms with E-state index in [1.807, 2.05) is 69.3 Å². The number of amides is 1. The largest absolute Gasteiger partial charge is 0.349 e. The molecule has 28 heavy (non-hydrogen) atoms. The lowest BCUT2D eigenvalue weighted by atomic mass is 10.1.